The van der Waals surface area contributed by atoms with Crippen molar-refractivity contribution in [3.05, 3.63) is 51.0 Å². The molecule has 0 bridgehead atoms. The molecule has 1 heterocycles. The Morgan fingerprint density at radius 1 is 1.33 bits per heavy atom. The van der Waals surface area contributed by atoms with Gasteiger partial charge in [0, 0.05) is 41.4 Å². The van der Waals surface area contributed by atoms with Crippen molar-refractivity contribution in [3.63, 3.8) is 0 Å². The van der Waals surface area contributed by atoms with E-state index in [2.05, 4.69) is 4.98 Å². The van der Waals surface area contributed by atoms with Crippen LogP contribution in [0.4, 0.5) is 16.2 Å². The number of amides is 1. The minimum Gasteiger partial charge on any atom is -0.449 e. The topological polar surface area (TPSA) is 85.6 Å². The van der Waals surface area contributed by atoms with Crippen LogP contribution in [0.2, 0.25) is 0 Å². The summed E-state index contributed by atoms with van der Waals surface area (Å²) in [6.07, 6.45) is 1.77. The third kappa shape index (κ3) is 4.51. The third-order valence-corrected chi connectivity index (χ3v) is 4.04. The Morgan fingerprint density at radius 2 is 2.00 bits per heavy atom. The van der Waals surface area contributed by atoms with Gasteiger partial charge in [0.25, 0.3) is 5.69 Å². The van der Waals surface area contributed by atoms with E-state index in [0.717, 1.165) is 5.01 Å². The van der Waals surface area contributed by atoms with Crippen LogP contribution in [0.1, 0.15) is 25.8 Å². The average Bonchev–Trinajstić information content (AvgIpc) is 3.00. The lowest BCUT2D eigenvalue weighted by atomic mass is 10.1. The quantitative estimate of drug-likeness (QED) is 0.601. The first kappa shape index (κ1) is 17.9. The molecule has 0 saturated carbocycles. The fraction of sp³-hybridized carbons (Fsp3) is 0.375. The fourth-order valence-electron chi connectivity index (χ4n) is 2.16. The Bertz CT molecular complexity index is 693. The maximum Gasteiger partial charge on any atom is 0.414 e. The maximum absolute atomic E-state index is 12.5. The molecule has 0 N–H and O–H groups in total. The number of carbonyl (C=O) groups is 1. The van der Waals surface area contributed by atoms with Gasteiger partial charge in [0.05, 0.1) is 16.5 Å². The highest BCUT2D eigenvalue weighted by atomic mass is 32.1. The molecule has 128 valence electrons. The first-order valence-electron chi connectivity index (χ1n) is 7.39. The van der Waals surface area contributed by atoms with Gasteiger partial charge in [-0.3, -0.25) is 15.0 Å². The number of ether oxygens (including phenoxy) is 1. The maximum atomic E-state index is 12.5. The summed E-state index contributed by atoms with van der Waals surface area (Å²) < 4.78 is 5.36. The molecular weight excluding hydrogens is 330 g/mol. The second-order valence-corrected chi connectivity index (χ2v) is 7.05. The summed E-state index contributed by atoms with van der Waals surface area (Å²) in [5, 5.41) is 13.5. The van der Waals surface area contributed by atoms with Gasteiger partial charge in [-0.05, 0) is 32.9 Å². The van der Waals surface area contributed by atoms with Crippen molar-refractivity contribution in [1.82, 2.24) is 4.98 Å². The van der Waals surface area contributed by atoms with E-state index >= 15 is 0 Å². The van der Waals surface area contributed by atoms with E-state index < -0.39 is 16.6 Å². The Hall–Kier alpha value is -2.48. The van der Waals surface area contributed by atoms with E-state index in [1.807, 2.05) is 26.2 Å². The van der Waals surface area contributed by atoms with E-state index in [1.165, 1.54) is 28.4 Å². The molecule has 24 heavy (non-hydrogen) atoms. The van der Waals surface area contributed by atoms with Crippen molar-refractivity contribution >= 4 is 28.8 Å². The van der Waals surface area contributed by atoms with Gasteiger partial charge < -0.3 is 4.74 Å². The van der Waals surface area contributed by atoms with E-state index in [4.69, 9.17) is 4.74 Å². The van der Waals surface area contributed by atoms with Crippen LogP contribution in [0, 0.1) is 10.1 Å². The van der Waals surface area contributed by atoms with Gasteiger partial charge in [0.2, 0.25) is 0 Å². The van der Waals surface area contributed by atoms with Crippen LogP contribution in [0.3, 0.4) is 0 Å². The van der Waals surface area contributed by atoms with E-state index in [0.29, 0.717) is 12.1 Å². The Kier molecular flexibility index (Phi) is 5.50. The normalized spacial score (nSPS) is 11.1. The predicted octanol–water partition coefficient (Wildman–Crippen LogP) is 4.04. The summed E-state index contributed by atoms with van der Waals surface area (Å²) in [4.78, 5) is 28.4. The molecule has 1 aromatic carbocycles. The van der Waals surface area contributed by atoms with Crippen LogP contribution in [0.5, 0.6) is 0 Å². The summed E-state index contributed by atoms with van der Waals surface area (Å²) in [7, 11) is 0. The van der Waals surface area contributed by atoms with Crippen molar-refractivity contribution in [2.75, 3.05) is 11.5 Å². The standard InChI is InChI=1S/C16H19N3O4S/c1-16(2,3)18(12-4-6-13(7-5-12)19(21)22)15(20)23-10-8-14-17-9-11-24-14/h4-7,9,11H,8,10H2,1-3H3. The molecule has 1 aromatic heterocycles. The predicted molar refractivity (Wildman–Crippen MR) is 92.5 cm³/mol. The zero-order valence-electron chi connectivity index (χ0n) is 13.8. The number of hydrogen-bond donors (Lipinski definition) is 0. The van der Waals surface area contributed by atoms with Crippen LogP contribution in [-0.4, -0.2) is 28.1 Å². The number of non-ortho nitro benzene ring substituents is 1. The van der Waals surface area contributed by atoms with Gasteiger partial charge in [-0.25, -0.2) is 9.78 Å². The SMILES string of the molecule is CC(C)(C)N(C(=O)OCCc1nccs1)c1ccc([N+](=O)[O-])cc1. The van der Waals surface area contributed by atoms with Gasteiger partial charge in [-0.1, -0.05) is 0 Å². The first-order valence-corrected chi connectivity index (χ1v) is 8.27. The highest BCUT2D eigenvalue weighted by Crippen LogP contribution is 2.27. The molecule has 2 aromatic rings. The van der Waals surface area contributed by atoms with Crippen molar-refractivity contribution < 1.29 is 14.5 Å². The molecule has 2 rings (SSSR count). The van der Waals surface area contributed by atoms with Crippen molar-refractivity contribution in [2.24, 2.45) is 0 Å². The summed E-state index contributed by atoms with van der Waals surface area (Å²) in [5.74, 6) is 0. The molecule has 0 atom stereocenters. The number of hydrogen-bond acceptors (Lipinski definition) is 6. The Labute approximate surface area is 144 Å². The molecular formula is C16H19N3O4S. The minimum absolute atomic E-state index is 0.0234. The summed E-state index contributed by atoms with van der Waals surface area (Å²) in [6.45, 7) is 5.84. The molecule has 0 aliphatic carbocycles. The van der Waals surface area contributed by atoms with Crippen LogP contribution in [0.15, 0.2) is 35.8 Å². The third-order valence-electron chi connectivity index (χ3n) is 3.20. The molecule has 0 aliphatic heterocycles. The van der Waals surface area contributed by atoms with Crippen LogP contribution >= 0.6 is 11.3 Å². The molecule has 0 saturated heterocycles. The second-order valence-electron chi connectivity index (χ2n) is 6.07. The van der Waals surface area contributed by atoms with Gasteiger partial charge in [-0.2, -0.15) is 0 Å². The number of carbonyl (C=O) groups excluding carboxylic acids is 1. The number of benzene rings is 1. The molecule has 1 amide bonds. The molecule has 0 aliphatic rings. The second kappa shape index (κ2) is 7.39. The Balaban J connectivity index is 2.09. The molecule has 0 radical (unpaired) electrons. The van der Waals surface area contributed by atoms with Gasteiger partial charge >= 0.3 is 6.09 Å². The van der Waals surface area contributed by atoms with Crippen molar-refractivity contribution in [2.45, 2.75) is 32.7 Å². The summed E-state index contributed by atoms with van der Waals surface area (Å²) >= 11 is 1.51. The molecule has 0 spiro atoms. The fourth-order valence-corrected chi connectivity index (χ4v) is 2.76. The molecule has 8 heteroatoms. The van der Waals surface area contributed by atoms with E-state index in [-0.39, 0.29) is 12.3 Å². The largest absolute Gasteiger partial charge is 0.449 e. The summed E-state index contributed by atoms with van der Waals surface area (Å²) in [5.41, 5.74) is -0.00825. The smallest absolute Gasteiger partial charge is 0.414 e. The van der Waals surface area contributed by atoms with Crippen LogP contribution in [0.25, 0.3) is 0 Å². The number of nitro groups is 1. The van der Waals surface area contributed by atoms with E-state index in [1.54, 1.807) is 18.3 Å². The highest BCUT2D eigenvalue weighted by molar-refractivity contribution is 7.09. The molecule has 0 fully saturated rings. The zero-order chi connectivity index (χ0) is 17.7. The molecule has 7 nitrogen and oxygen atoms in total. The lowest BCUT2D eigenvalue weighted by molar-refractivity contribution is -0.384. The number of aromatic nitrogens is 1. The lowest BCUT2D eigenvalue weighted by Gasteiger charge is -2.34. The number of rotatable bonds is 5. The number of thiazole rings is 1. The van der Waals surface area contributed by atoms with Crippen LogP contribution in [-0.2, 0) is 11.2 Å². The summed E-state index contributed by atoms with van der Waals surface area (Å²) in [6, 6.07) is 5.84. The zero-order valence-corrected chi connectivity index (χ0v) is 14.6. The Morgan fingerprint density at radius 3 is 2.50 bits per heavy atom. The van der Waals surface area contributed by atoms with Gasteiger partial charge in [0.1, 0.15) is 0 Å². The van der Waals surface area contributed by atoms with Crippen molar-refractivity contribution in [3.8, 4) is 0 Å². The monoisotopic (exact) mass is 349 g/mol. The highest BCUT2D eigenvalue weighted by Gasteiger charge is 2.29. The molecule has 0 unspecified atom stereocenters. The number of nitrogens with zero attached hydrogens (tertiary/aromatic N) is 3. The number of anilines is 1. The number of nitro benzene ring substituents is 1. The minimum atomic E-state index is -0.533. The average molecular weight is 349 g/mol. The lowest BCUT2D eigenvalue weighted by Crippen LogP contribution is -2.46. The first-order chi connectivity index (χ1) is 11.3. The van der Waals surface area contributed by atoms with E-state index in [9.17, 15) is 14.9 Å². The van der Waals surface area contributed by atoms with Gasteiger partial charge in [0.15, 0.2) is 0 Å². The van der Waals surface area contributed by atoms with Gasteiger partial charge in [-0.15, -0.1) is 11.3 Å². The van der Waals surface area contributed by atoms with Crippen LogP contribution < -0.4 is 4.90 Å². The van der Waals surface area contributed by atoms with Crippen molar-refractivity contribution in [1.29, 1.82) is 0 Å².